The van der Waals surface area contributed by atoms with Gasteiger partial charge in [-0.15, -0.1) is 0 Å². The highest BCUT2D eigenvalue weighted by molar-refractivity contribution is 7.92. The largest absolute Gasteiger partial charge is 0.397 e. The molecule has 23 heavy (non-hydrogen) atoms. The molecule has 122 valence electrons. The molecule has 0 bridgehead atoms. The van der Waals surface area contributed by atoms with Gasteiger partial charge in [0.25, 0.3) is 10.0 Å². The van der Waals surface area contributed by atoms with E-state index >= 15 is 0 Å². The van der Waals surface area contributed by atoms with Gasteiger partial charge in [0, 0.05) is 13.1 Å². The van der Waals surface area contributed by atoms with Gasteiger partial charge in [0.1, 0.15) is 0 Å². The molecular weight excluding hydrogens is 338 g/mol. The molecule has 7 nitrogen and oxygen atoms in total. The van der Waals surface area contributed by atoms with Crippen molar-refractivity contribution < 1.29 is 16.8 Å². The van der Waals surface area contributed by atoms with Crippen LogP contribution in [0.4, 0.5) is 5.69 Å². The quantitative estimate of drug-likeness (QED) is 0.857. The molecule has 0 unspecified atom stereocenters. The summed E-state index contributed by atoms with van der Waals surface area (Å²) in [7, 11) is -7.32. The second-order valence-electron chi connectivity index (χ2n) is 5.23. The SMILES string of the molecule is Nc1ccc(S(=O)(=O)N2CC(S(=O)(=O)c3ccccc3)C2)nc1. The first kappa shape index (κ1) is 15.9. The number of aromatic nitrogens is 1. The van der Waals surface area contributed by atoms with Crippen LogP contribution in [0.3, 0.4) is 0 Å². The zero-order chi connectivity index (χ0) is 16.7. The lowest BCUT2D eigenvalue weighted by molar-refractivity contribution is 0.308. The topological polar surface area (TPSA) is 110 Å². The van der Waals surface area contributed by atoms with Gasteiger partial charge in [-0.1, -0.05) is 18.2 Å². The molecule has 9 heteroatoms. The van der Waals surface area contributed by atoms with Crippen LogP contribution in [0.2, 0.25) is 0 Å². The summed E-state index contributed by atoms with van der Waals surface area (Å²) in [6.45, 7) is -0.156. The number of sulfonamides is 1. The number of nitrogens with two attached hydrogens (primary N) is 1. The van der Waals surface area contributed by atoms with Gasteiger partial charge in [0.15, 0.2) is 14.9 Å². The van der Waals surface area contributed by atoms with E-state index in [1.807, 2.05) is 0 Å². The normalized spacial score (nSPS) is 16.9. The molecule has 0 spiro atoms. The minimum Gasteiger partial charge on any atom is -0.397 e. The van der Waals surface area contributed by atoms with Gasteiger partial charge in [-0.2, -0.15) is 4.31 Å². The Morgan fingerprint density at radius 1 is 1.00 bits per heavy atom. The maximum atomic E-state index is 12.4. The summed E-state index contributed by atoms with van der Waals surface area (Å²) < 4.78 is 50.7. The average molecular weight is 353 g/mol. The van der Waals surface area contributed by atoms with Crippen molar-refractivity contribution in [3.63, 3.8) is 0 Å². The van der Waals surface area contributed by atoms with Crippen molar-refractivity contribution >= 4 is 25.5 Å². The zero-order valence-corrected chi connectivity index (χ0v) is 13.7. The van der Waals surface area contributed by atoms with Crippen molar-refractivity contribution in [3.05, 3.63) is 48.7 Å². The summed E-state index contributed by atoms with van der Waals surface area (Å²) in [5, 5.41) is -0.879. The molecule has 0 radical (unpaired) electrons. The van der Waals surface area contributed by atoms with E-state index in [2.05, 4.69) is 4.98 Å². The molecule has 1 aliphatic rings. The van der Waals surface area contributed by atoms with E-state index in [0.29, 0.717) is 5.69 Å². The molecular formula is C14H15N3O4S2. The fourth-order valence-corrected chi connectivity index (χ4v) is 5.58. The number of nitrogen functional groups attached to an aromatic ring is 1. The number of pyridine rings is 1. The van der Waals surface area contributed by atoms with E-state index in [1.165, 1.54) is 30.5 Å². The fraction of sp³-hybridized carbons (Fsp3) is 0.214. The third kappa shape index (κ3) is 2.82. The second kappa shape index (κ2) is 5.59. The average Bonchev–Trinajstić information content (AvgIpc) is 2.46. The highest BCUT2D eigenvalue weighted by atomic mass is 32.2. The maximum absolute atomic E-state index is 12.4. The molecule has 2 N–H and O–H groups in total. The summed E-state index contributed by atoms with van der Waals surface area (Å²) in [4.78, 5) is 4.00. The third-order valence-corrected chi connectivity index (χ3v) is 7.54. The van der Waals surface area contributed by atoms with Crippen LogP contribution in [-0.2, 0) is 19.9 Å². The molecule has 0 saturated carbocycles. The lowest BCUT2D eigenvalue weighted by Crippen LogP contribution is -2.56. The number of hydrogen-bond donors (Lipinski definition) is 1. The summed E-state index contributed by atoms with van der Waals surface area (Å²) in [6, 6.07) is 10.8. The van der Waals surface area contributed by atoms with Crippen LogP contribution in [0, 0.1) is 0 Å². The van der Waals surface area contributed by atoms with Gasteiger partial charge in [-0.3, -0.25) is 0 Å². The number of hydrogen-bond acceptors (Lipinski definition) is 6. The molecule has 3 rings (SSSR count). The molecule has 0 atom stereocenters. The van der Waals surface area contributed by atoms with Gasteiger partial charge in [0.2, 0.25) is 0 Å². The van der Waals surface area contributed by atoms with E-state index in [1.54, 1.807) is 18.2 Å². The monoisotopic (exact) mass is 353 g/mol. The molecule has 2 heterocycles. The minimum absolute atomic E-state index is 0.0778. The smallest absolute Gasteiger partial charge is 0.260 e. The number of anilines is 1. The molecule has 1 saturated heterocycles. The predicted octanol–water partition coefficient (Wildman–Crippen LogP) is 0.511. The first-order valence-electron chi connectivity index (χ1n) is 6.82. The highest BCUT2D eigenvalue weighted by Crippen LogP contribution is 2.28. The Balaban J connectivity index is 1.77. The van der Waals surface area contributed by atoms with Crippen molar-refractivity contribution in [2.24, 2.45) is 0 Å². The van der Waals surface area contributed by atoms with E-state index in [9.17, 15) is 16.8 Å². The number of sulfone groups is 1. The molecule has 0 amide bonds. The summed E-state index contributed by atoms with van der Waals surface area (Å²) >= 11 is 0. The van der Waals surface area contributed by atoms with Crippen molar-refractivity contribution in [1.82, 2.24) is 9.29 Å². The van der Waals surface area contributed by atoms with Crippen molar-refractivity contribution in [3.8, 4) is 0 Å². The first-order chi connectivity index (χ1) is 10.8. The zero-order valence-electron chi connectivity index (χ0n) is 12.0. The van der Waals surface area contributed by atoms with Gasteiger partial charge in [0.05, 0.1) is 22.0 Å². The Morgan fingerprint density at radius 2 is 1.65 bits per heavy atom. The van der Waals surface area contributed by atoms with Crippen LogP contribution in [-0.4, -0.2) is 44.5 Å². The Labute approximate surface area is 134 Å². The molecule has 1 fully saturated rings. The summed E-state index contributed by atoms with van der Waals surface area (Å²) in [5.74, 6) is 0. The summed E-state index contributed by atoms with van der Waals surface area (Å²) in [6.07, 6.45) is 1.25. The fourth-order valence-electron chi connectivity index (χ4n) is 2.27. The number of benzene rings is 1. The van der Waals surface area contributed by atoms with Crippen molar-refractivity contribution in [2.75, 3.05) is 18.8 Å². The van der Waals surface area contributed by atoms with Crippen LogP contribution >= 0.6 is 0 Å². The lowest BCUT2D eigenvalue weighted by atomic mass is 10.3. The van der Waals surface area contributed by atoms with Crippen LogP contribution in [0.1, 0.15) is 0 Å². The number of nitrogens with zero attached hydrogens (tertiary/aromatic N) is 2. The number of rotatable bonds is 4. The Morgan fingerprint density at radius 3 is 2.22 bits per heavy atom. The predicted molar refractivity (Wildman–Crippen MR) is 84.8 cm³/mol. The van der Waals surface area contributed by atoms with E-state index < -0.39 is 25.1 Å². The van der Waals surface area contributed by atoms with E-state index in [4.69, 9.17) is 5.73 Å². The summed E-state index contributed by atoms with van der Waals surface area (Å²) in [5.41, 5.74) is 5.84. The lowest BCUT2D eigenvalue weighted by Gasteiger charge is -2.37. The van der Waals surface area contributed by atoms with E-state index in [-0.39, 0.29) is 23.0 Å². The molecule has 1 aliphatic heterocycles. The maximum Gasteiger partial charge on any atom is 0.260 e. The first-order valence-corrected chi connectivity index (χ1v) is 9.81. The van der Waals surface area contributed by atoms with Gasteiger partial charge in [-0.05, 0) is 24.3 Å². The van der Waals surface area contributed by atoms with Gasteiger partial charge < -0.3 is 5.73 Å². The van der Waals surface area contributed by atoms with E-state index in [0.717, 1.165) is 4.31 Å². The van der Waals surface area contributed by atoms with Crippen molar-refractivity contribution in [1.29, 1.82) is 0 Å². The second-order valence-corrected chi connectivity index (χ2v) is 9.34. The third-order valence-electron chi connectivity index (χ3n) is 3.69. The van der Waals surface area contributed by atoms with Gasteiger partial charge >= 0.3 is 0 Å². The van der Waals surface area contributed by atoms with Crippen LogP contribution in [0.5, 0.6) is 0 Å². The van der Waals surface area contributed by atoms with Gasteiger partial charge in [-0.25, -0.2) is 21.8 Å². The highest BCUT2D eigenvalue weighted by Gasteiger charge is 2.44. The minimum atomic E-state index is -3.79. The molecule has 1 aromatic carbocycles. The standard InChI is InChI=1S/C14H15N3O4S2/c15-11-6-7-14(16-8-11)23(20,21)17-9-13(10-17)22(18,19)12-4-2-1-3-5-12/h1-8,13H,9-10,15H2. The van der Waals surface area contributed by atoms with Crippen LogP contribution < -0.4 is 5.73 Å². The van der Waals surface area contributed by atoms with Crippen molar-refractivity contribution in [2.45, 2.75) is 15.2 Å². The molecule has 1 aromatic heterocycles. The Kier molecular flexibility index (Phi) is 3.86. The van der Waals surface area contributed by atoms with Crippen LogP contribution in [0.25, 0.3) is 0 Å². The molecule has 2 aromatic rings. The molecule has 0 aliphatic carbocycles. The Bertz CT molecular complexity index is 904. The van der Waals surface area contributed by atoms with Crippen LogP contribution in [0.15, 0.2) is 58.6 Å². The Hall–Kier alpha value is -1.97.